The predicted octanol–water partition coefficient (Wildman–Crippen LogP) is 0.624. The fourth-order valence-corrected chi connectivity index (χ4v) is 1.85. The zero-order valence-corrected chi connectivity index (χ0v) is 10.7. The van der Waals surface area contributed by atoms with Crippen molar-refractivity contribution in [3.8, 4) is 0 Å². The number of halogens is 2. The van der Waals surface area contributed by atoms with Crippen LogP contribution in [0.5, 0.6) is 0 Å². The van der Waals surface area contributed by atoms with E-state index in [9.17, 15) is 22.0 Å². The lowest BCUT2D eigenvalue weighted by atomic mass is 10.2. The maximum atomic E-state index is 13.4. The van der Waals surface area contributed by atoms with Crippen LogP contribution in [0, 0.1) is 11.6 Å². The number of carboxylic acids is 1. The number of hydrogen-bond acceptors (Lipinski definition) is 4. The summed E-state index contributed by atoms with van der Waals surface area (Å²) in [6.45, 7) is -0.219. The number of sulfonamides is 1. The van der Waals surface area contributed by atoms with Crippen molar-refractivity contribution >= 4 is 21.7 Å². The van der Waals surface area contributed by atoms with Gasteiger partial charge in [-0.15, -0.1) is 0 Å². The van der Waals surface area contributed by atoms with E-state index in [0.29, 0.717) is 12.1 Å². The molecule has 106 valence electrons. The van der Waals surface area contributed by atoms with E-state index in [0.717, 1.165) is 0 Å². The second-order valence-corrected chi connectivity index (χ2v) is 5.62. The summed E-state index contributed by atoms with van der Waals surface area (Å²) >= 11 is 0. The van der Waals surface area contributed by atoms with Gasteiger partial charge in [0.1, 0.15) is 17.3 Å². The molecule has 19 heavy (non-hydrogen) atoms. The van der Waals surface area contributed by atoms with Crippen LogP contribution in [0.1, 0.15) is 10.4 Å². The lowest BCUT2D eigenvalue weighted by molar-refractivity contribution is 0.0696. The highest BCUT2D eigenvalue weighted by Gasteiger charge is 2.15. The molecule has 0 amide bonds. The average Bonchev–Trinajstić information content (AvgIpc) is 2.32. The molecule has 0 heterocycles. The Labute approximate surface area is 108 Å². The van der Waals surface area contributed by atoms with E-state index >= 15 is 0 Å². The van der Waals surface area contributed by atoms with Crippen molar-refractivity contribution in [3.63, 3.8) is 0 Å². The monoisotopic (exact) mass is 294 g/mol. The molecule has 0 saturated carbocycles. The van der Waals surface area contributed by atoms with Crippen LogP contribution in [0.25, 0.3) is 0 Å². The van der Waals surface area contributed by atoms with Crippen LogP contribution in [0.15, 0.2) is 12.1 Å². The second-order valence-electron chi connectivity index (χ2n) is 3.57. The molecule has 0 atom stereocenters. The number of benzene rings is 1. The van der Waals surface area contributed by atoms with E-state index in [-0.39, 0.29) is 12.3 Å². The number of aromatic carboxylic acids is 1. The molecule has 0 bridgehead atoms. The first-order chi connectivity index (χ1) is 8.76. The maximum Gasteiger partial charge on any atom is 0.335 e. The molecule has 0 radical (unpaired) electrons. The van der Waals surface area contributed by atoms with Gasteiger partial charge >= 0.3 is 5.97 Å². The minimum atomic E-state index is -3.49. The molecular weight excluding hydrogens is 282 g/mol. The van der Waals surface area contributed by atoms with Gasteiger partial charge in [0.25, 0.3) is 0 Å². The first-order valence-corrected chi connectivity index (χ1v) is 6.79. The van der Waals surface area contributed by atoms with Gasteiger partial charge in [-0.2, -0.15) is 0 Å². The van der Waals surface area contributed by atoms with Gasteiger partial charge in [-0.25, -0.2) is 26.7 Å². The Morgan fingerprint density at radius 2 is 1.84 bits per heavy atom. The van der Waals surface area contributed by atoms with Crippen molar-refractivity contribution in [1.29, 1.82) is 0 Å². The van der Waals surface area contributed by atoms with Crippen LogP contribution < -0.4 is 10.0 Å². The van der Waals surface area contributed by atoms with Crippen LogP contribution in [0.3, 0.4) is 0 Å². The number of carbonyl (C=O) groups is 1. The SMILES string of the molecule is CNS(=O)(=O)CCNc1c(F)cc(C(=O)O)cc1F. The van der Waals surface area contributed by atoms with E-state index in [4.69, 9.17) is 5.11 Å². The molecule has 0 aliphatic carbocycles. The fraction of sp³-hybridized carbons (Fsp3) is 0.300. The summed E-state index contributed by atoms with van der Waals surface area (Å²) in [7, 11) is -2.27. The smallest absolute Gasteiger partial charge is 0.335 e. The number of rotatable bonds is 6. The number of carboxylic acid groups (broad SMARTS) is 1. The Morgan fingerprint density at radius 1 is 1.32 bits per heavy atom. The molecule has 0 unspecified atom stereocenters. The third-order valence-corrected chi connectivity index (χ3v) is 3.64. The molecule has 0 spiro atoms. The second kappa shape index (κ2) is 5.93. The van der Waals surface area contributed by atoms with Gasteiger partial charge in [-0.3, -0.25) is 0 Å². The van der Waals surface area contributed by atoms with E-state index in [1.165, 1.54) is 7.05 Å². The summed E-state index contributed by atoms with van der Waals surface area (Å²) in [6.07, 6.45) is 0. The van der Waals surface area contributed by atoms with Crippen LogP contribution in [-0.4, -0.2) is 38.8 Å². The van der Waals surface area contributed by atoms with Gasteiger partial charge in [0.2, 0.25) is 10.0 Å². The van der Waals surface area contributed by atoms with Crippen molar-refractivity contribution in [1.82, 2.24) is 4.72 Å². The zero-order chi connectivity index (χ0) is 14.6. The van der Waals surface area contributed by atoms with E-state index < -0.39 is 38.9 Å². The van der Waals surface area contributed by atoms with Gasteiger partial charge in [-0.1, -0.05) is 0 Å². The van der Waals surface area contributed by atoms with Gasteiger partial charge in [0, 0.05) is 6.54 Å². The lowest BCUT2D eigenvalue weighted by Gasteiger charge is -2.09. The standard InChI is InChI=1S/C10H12F2N2O4S/c1-13-19(17,18)3-2-14-9-7(11)4-6(10(15)16)5-8(9)12/h4-5,13-14H,2-3H2,1H3,(H,15,16). The van der Waals surface area contributed by atoms with Crippen LogP contribution in [0.2, 0.25) is 0 Å². The third kappa shape index (κ3) is 4.14. The largest absolute Gasteiger partial charge is 0.478 e. The highest BCUT2D eigenvalue weighted by Crippen LogP contribution is 2.20. The molecule has 0 fully saturated rings. The van der Waals surface area contributed by atoms with E-state index in [2.05, 4.69) is 5.32 Å². The van der Waals surface area contributed by atoms with Crippen molar-refractivity contribution in [2.75, 3.05) is 24.7 Å². The van der Waals surface area contributed by atoms with Crippen LogP contribution in [0.4, 0.5) is 14.5 Å². The average molecular weight is 294 g/mol. The zero-order valence-electron chi connectivity index (χ0n) is 9.91. The summed E-state index contributed by atoms with van der Waals surface area (Å²) < 4.78 is 51.1. The molecule has 9 heteroatoms. The molecule has 1 rings (SSSR count). The van der Waals surface area contributed by atoms with Crippen LogP contribution in [-0.2, 0) is 10.0 Å². The Balaban J connectivity index is 2.83. The van der Waals surface area contributed by atoms with Gasteiger partial charge in [-0.05, 0) is 19.2 Å². The van der Waals surface area contributed by atoms with E-state index in [1.807, 2.05) is 4.72 Å². The number of hydrogen-bond donors (Lipinski definition) is 3. The van der Waals surface area contributed by atoms with Crippen molar-refractivity contribution < 1.29 is 27.1 Å². The summed E-state index contributed by atoms with van der Waals surface area (Å²) in [5.41, 5.74) is -1.08. The highest BCUT2D eigenvalue weighted by molar-refractivity contribution is 7.89. The van der Waals surface area contributed by atoms with E-state index in [1.54, 1.807) is 0 Å². The minimum absolute atomic E-state index is 0.219. The summed E-state index contributed by atoms with van der Waals surface area (Å²) in [5.74, 6) is -4.02. The molecule has 1 aromatic carbocycles. The van der Waals surface area contributed by atoms with Crippen molar-refractivity contribution in [3.05, 3.63) is 29.3 Å². The van der Waals surface area contributed by atoms with Crippen molar-refractivity contribution in [2.45, 2.75) is 0 Å². The lowest BCUT2D eigenvalue weighted by Crippen LogP contribution is -2.26. The van der Waals surface area contributed by atoms with Gasteiger partial charge in [0.05, 0.1) is 11.3 Å². The fourth-order valence-electron chi connectivity index (χ4n) is 1.28. The molecule has 0 saturated heterocycles. The predicted molar refractivity (Wildman–Crippen MR) is 64.7 cm³/mol. The Morgan fingerprint density at radius 3 is 2.26 bits per heavy atom. The normalized spacial score (nSPS) is 11.3. The quantitative estimate of drug-likeness (QED) is 0.715. The Kier molecular flexibility index (Phi) is 4.78. The summed E-state index contributed by atoms with van der Waals surface area (Å²) in [5, 5.41) is 10.9. The first kappa shape index (κ1) is 15.3. The molecule has 0 aromatic heterocycles. The molecule has 0 aliphatic heterocycles. The minimum Gasteiger partial charge on any atom is -0.478 e. The Hall–Kier alpha value is -1.74. The van der Waals surface area contributed by atoms with Crippen molar-refractivity contribution in [2.24, 2.45) is 0 Å². The number of nitrogens with one attached hydrogen (secondary N) is 2. The maximum absolute atomic E-state index is 13.4. The molecule has 0 aliphatic rings. The third-order valence-electron chi connectivity index (χ3n) is 2.27. The van der Waals surface area contributed by atoms with Gasteiger partial charge in [0.15, 0.2) is 0 Å². The topological polar surface area (TPSA) is 95.5 Å². The molecule has 1 aromatic rings. The summed E-state index contributed by atoms with van der Waals surface area (Å²) in [6, 6.07) is 1.31. The highest BCUT2D eigenvalue weighted by atomic mass is 32.2. The molecule has 6 nitrogen and oxygen atoms in total. The van der Waals surface area contributed by atoms with Gasteiger partial charge < -0.3 is 10.4 Å². The first-order valence-electron chi connectivity index (χ1n) is 5.14. The molecular formula is C10H12F2N2O4S. The number of anilines is 1. The molecule has 3 N–H and O–H groups in total. The Bertz CT molecular complexity index is 566. The van der Waals surface area contributed by atoms with Crippen LogP contribution >= 0.6 is 0 Å². The summed E-state index contributed by atoms with van der Waals surface area (Å²) in [4.78, 5) is 10.6.